The highest BCUT2D eigenvalue weighted by molar-refractivity contribution is 9.10. The zero-order valence-corrected chi connectivity index (χ0v) is 11.8. The summed E-state index contributed by atoms with van der Waals surface area (Å²) in [4.78, 5) is 0. The first kappa shape index (κ1) is 12.5. The Bertz CT molecular complexity index is 323. The molecule has 0 spiro atoms. The van der Waals surface area contributed by atoms with E-state index in [0.29, 0.717) is 0 Å². The molecule has 0 saturated carbocycles. The van der Waals surface area contributed by atoms with Gasteiger partial charge < -0.3 is 5.32 Å². The molecule has 0 aromatic heterocycles. The molecule has 1 N–H and O–H groups in total. The van der Waals surface area contributed by atoms with Gasteiger partial charge in [-0.2, -0.15) is 11.8 Å². The molecule has 2 rings (SSSR count). The first-order valence-electron chi connectivity index (χ1n) is 5.87. The lowest BCUT2D eigenvalue weighted by Gasteiger charge is -2.22. The largest absolute Gasteiger partial charge is 0.316 e. The van der Waals surface area contributed by atoms with E-state index in [4.69, 9.17) is 0 Å². The molecule has 1 aliphatic heterocycles. The van der Waals surface area contributed by atoms with Gasteiger partial charge in [0.05, 0.1) is 0 Å². The van der Waals surface area contributed by atoms with E-state index in [9.17, 15) is 0 Å². The molecule has 1 saturated heterocycles. The molecule has 1 aromatic rings. The van der Waals surface area contributed by atoms with Crippen LogP contribution in [0.1, 0.15) is 18.4 Å². The second kappa shape index (κ2) is 6.67. The topological polar surface area (TPSA) is 12.0 Å². The van der Waals surface area contributed by atoms with Crippen molar-refractivity contribution < 1.29 is 0 Å². The van der Waals surface area contributed by atoms with Crippen molar-refractivity contribution in [2.24, 2.45) is 5.92 Å². The molecule has 1 aromatic carbocycles. The Hall–Kier alpha value is 0.01000. The summed E-state index contributed by atoms with van der Waals surface area (Å²) >= 11 is 5.57. The Balaban J connectivity index is 1.71. The molecule has 0 aliphatic carbocycles. The fraction of sp³-hybridized carbons (Fsp3) is 0.538. The van der Waals surface area contributed by atoms with Crippen molar-refractivity contribution in [3.8, 4) is 0 Å². The van der Waals surface area contributed by atoms with Gasteiger partial charge in [-0.05, 0) is 55.3 Å². The van der Waals surface area contributed by atoms with Gasteiger partial charge in [-0.1, -0.05) is 28.1 Å². The molecule has 1 aliphatic rings. The Labute approximate surface area is 111 Å². The van der Waals surface area contributed by atoms with Gasteiger partial charge >= 0.3 is 0 Å². The van der Waals surface area contributed by atoms with Crippen molar-refractivity contribution in [2.45, 2.75) is 18.6 Å². The highest BCUT2D eigenvalue weighted by Crippen LogP contribution is 2.21. The van der Waals surface area contributed by atoms with Crippen LogP contribution in [-0.2, 0) is 5.75 Å². The van der Waals surface area contributed by atoms with E-state index in [0.717, 1.165) is 11.7 Å². The fourth-order valence-corrected chi connectivity index (χ4v) is 3.63. The molecular formula is C13H18BrNS. The molecule has 16 heavy (non-hydrogen) atoms. The van der Waals surface area contributed by atoms with E-state index in [1.54, 1.807) is 0 Å². The SMILES string of the molecule is Brc1cccc(CSCC2CCCNC2)c1. The number of piperidine rings is 1. The van der Waals surface area contributed by atoms with Gasteiger partial charge in [0.1, 0.15) is 0 Å². The van der Waals surface area contributed by atoms with Crippen LogP contribution < -0.4 is 5.32 Å². The normalized spacial score (nSPS) is 20.9. The molecule has 0 radical (unpaired) electrons. The number of hydrogen-bond acceptors (Lipinski definition) is 2. The van der Waals surface area contributed by atoms with Crippen LogP contribution in [0.5, 0.6) is 0 Å². The lowest BCUT2D eigenvalue weighted by molar-refractivity contribution is 0.410. The minimum Gasteiger partial charge on any atom is -0.316 e. The second-order valence-corrected chi connectivity index (χ2v) is 6.30. The van der Waals surface area contributed by atoms with Crippen LogP contribution >= 0.6 is 27.7 Å². The van der Waals surface area contributed by atoms with Crippen LogP contribution in [0, 0.1) is 5.92 Å². The number of halogens is 1. The van der Waals surface area contributed by atoms with Crippen molar-refractivity contribution in [3.63, 3.8) is 0 Å². The summed E-state index contributed by atoms with van der Waals surface area (Å²) in [6.07, 6.45) is 2.75. The third-order valence-corrected chi connectivity index (χ3v) is 4.65. The van der Waals surface area contributed by atoms with E-state index in [1.807, 2.05) is 0 Å². The maximum Gasteiger partial charge on any atom is 0.0185 e. The number of hydrogen-bond donors (Lipinski definition) is 1. The predicted octanol–water partition coefficient (Wildman–Crippen LogP) is 3.68. The smallest absolute Gasteiger partial charge is 0.0185 e. The van der Waals surface area contributed by atoms with Crippen molar-refractivity contribution >= 4 is 27.7 Å². The van der Waals surface area contributed by atoms with E-state index in [2.05, 4.69) is 57.3 Å². The second-order valence-electron chi connectivity index (χ2n) is 4.36. The van der Waals surface area contributed by atoms with Gasteiger partial charge in [-0.3, -0.25) is 0 Å². The zero-order valence-electron chi connectivity index (χ0n) is 9.42. The Morgan fingerprint density at radius 3 is 3.12 bits per heavy atom. The monoisotopic (exact) mass is 299 g/mol. The molecular weight excluding hydrogens is 282 g/mol. The summed E-state index contributed by atoms with van der Waals surface area (Å²) in [5, 5.41) is 3.47. The van der Waals surface area contributed by atoms with Gasteiger partial charge in [-0.15, -0.1) is 0 Å². The van der Waals surface area contributed by atoms with Crippen LogP contribution in [0.2, 0.25) is 0 Å². The number of benzene rings is 1. The van der Waals surface area contributed by atoms with Gasteiger partial charge in [-0.25, -0.2) is 0 Å². The summed E-state index contributed by atoms with van der Waals surface area (Å²) in [6, 6.07) is 8.62. The van der Waals surface area contributed by atoms with Crippen LogP contribution in [0.15, 0.2) is 28.7 Å². The number of rotatable bonds is 4. The van der Waals surface area contributed by atoms with Gasteiger partial charge in [0.25, 0.3) is 0 Å². The molecule has 88 valence electrons. The summed E-state index contributed by atoms with van der Waals surface area (Å²) in [5.74, 6) is 3.31. The highest BCUT2D eigenvalue weighted by Gasteiger charge is 2.12. The lowest BCUT2D eigenvalue weighted by Crippen LogP contribution is -2.30. The molecule has 0 bridgehead atoms. The lowest BCUT2D eigenvalue weighted by atomic mass is 10.0. The summed E-state index contributed by atoms with van der Waals surface area (Å²) in [7, 11) is 0. The Morgan fingerprint density at radius 2 is 2.38 bits per heavy atom. The maximum atomic E-state index is 3.51. The van der Waals surface area contributed by atoms with Crippen molar-refractivity contribution in [1.82, 2.24) is 5.32 Å². The first-order chi connectivity index (χ1) is 7.84. The van der Waals surface area contributed by atoms with Crippen molar-refractivity contribution in [1.29, 1.82) is 0 Å². The van der Waals surface area contributed by atoms with Crippen LogP contribution in [0.25, 0.3) is 0 Å². The van der Waals surface area contributed by atoms with Crippen LogP contribution in [0.4, 0.5) is 0 Å². The number of nitrogens with one attached hydrogen (secondary N) is 1. The quantitative estimate of drug-likeness (QED) is 0.910. The van der Waals surface area contributed by atoms with Crippen LogP contribution in [-0.4, -0.2) is 18.8 Å². The minimum absolute atomic E-state index is 0.880. The van der Waals surface area contributed by atoms with Gasteiger partial charge in [0.2, 0.25) is 0 Å². The van der Waals surface area contributed by atoms with E-state index in [-0.39, 0.29) is 0 Å². The summed E-state index contributed by atoms with van der Waals surface area (Å²) in [6.45, 7) is 2.43. The Kier molecular flexibility index (Phi) is 5.20. The standard InChI is InChI=1S/C13H18BrNS/c14-13-5-1-3-11(7-13)9-16-10-12-4-2-6-15-8-12/h1,3,5,7,12,15H,2,4,6,8-10H2. The van der Waals surface area contributed by atoms with Gasteiger partial charge in [0, 0.05) is 10.2 Å². The average Bonchev–Trinajstić information content (AvgIpc) is 2.30. The number of thioether (sulfide) groups is 1. The zero-order chi connectivity index (χ0) is 11.2. The molecule has 1 fully saturated rings. The molecule has 3 heteroatoms. The predicted molar refractivity (Wildman–Crippen MR) is 75.9 cm³/mol. The fourth-order valence-electron chi connectivity index (χ4n) is 2.04. The Morgan fingerprint density at radius 1 is 1.44 bits per heavy atom. The van der Waals surface area contributed by atoms with Crippen molar-refractivity contribution in [3.05, 3.63) is 34.3 Å². The summed E-state index contributed by atoms with van der Waals surface area (Å²) < 4.78 is 1.19. The third-order valence-electron chi connectivity index (χ3n) is 2.91. The van der Waals surface area contributed by atoms with Gasteiger partial charge in [0.15, 0.2) is 0 Å². The molecule has 1 heterocycles. The average molecular weight is 300 g/mol. The minimum atomic E-state index is 0.880. The maximum absolute atomic E-state index is 3.51. The highest BCUT2D eigenvalue weighted by atomic mass is 79.9. The molecule has 0 amide bonds. The molecule has 1 nitrogen and oxygen atoms in total. The van der Waals surface area contributed by atoms with E-state index in [1.165, 1.54) is 41.7 Å². The van der Waals surface area contributed by atoms with E-state index >= 15 is 0 Å². The molecule has 1 unspecified atom stereocenters. The van der Waals surface area contributed by atoms with Crippen LogP contribution in [0.3, 0.4) is 0 Å². The third kappa shape index (κ3) is 4.11. The van der Waals surface area contributed by atoms with E-state index < -0.39 is 0 Å². The molecule has 1 atom stereocenters. The first-order valence-corrected chi connectivity index (χ1v) is 7.82. The van der Waals surface area contributed by atoms with Crippen molar-refractivity contribution in [2.75, 3.05) is 18.8 Å². The summed E-state index contributed by atoms with van der Waals surface area (Å²) in [5.41, 5.74) is 1.42.